The molecule has 0 saturated carbocycles. The number of hydrogen-bond acceptors (Lipinski definition) is 7. The van der Waals surface area contributed by atoms with Crippen molar-refractivity contribution in [3.8, 4) is 6.07 Å². The maximum atomic E-state index is 12.2. The Bertz CT molecular complexity index is 620. The number of aliphatic hydroxyl groups excluding tert-OH is 4. The van der Waals surface area contributed by atoms with Gasteiger partial charge in [0.25, 0.3) is 5.56 Å². The van der Waals surface area contributed by atoms with Gasteiger partial charge in [-0.3, -0.25) is 9.36 Å². The highest BCUT2D eigenvalue weighted by Crippen LogP contribution is 2.28. The molecule has 1 aromatic heterocycles. The van der Waals surface area contributed by atoms with Gasteiger partial charge < -0.3 is 25.2 Å². The lowest BCUT2D eigenvalue weighted by Crippen LogP contribution is -2.57. The van der Waals surface area contributed by atoms with Gasteiger partial charge in [-0.15, -0.1) is 0 Å². The van der Waals surface area contributed by atoms with E-state index in [2.05, 4.69) is 0 Å². The average Bonchev–Trinajstić information content (AvgIpc) is 2.47. The van der Waals surface area contributed by atoms with Crippen LogP contribution < -0.4 is 5.56 Å². The van der Waals surface area contributed by atoms with Crippen molar-refractivity contribution in [3.05, 3.63) is 33.7 Å². The van der Waals surface area contributed by atoms with E-state index in [-0.39, 0.29) is 5.56 Å². The van der Waals surface area contributed by atoms with Crippen LogP contribution in [0.25, 0.3) is 0 Å². The number of aromatic nitrogens is 1. The Balaban J connectivity index is 2.51. The van der Waals surface area contributed by atoms with Crippen molar-refractivity contribution >= 4 is 0 Å². The molecule has 8 heteroatoms. The van der Waals surface area contributed by atoms with Crippen molar-refractivity contribution in [1.29, 1.82) is 5.26 Å². The van der Waals surface area contributed by atoms with Crippen molar-refractivity contribution in [2.45, 2.75) is 37.6 Å². The van der Waals surface area contributed by atoms with Crippen LogP contribution in [0.5, 0.6) is 0 Å². The first-order valence-corrected chi connectivity index (χ1v) is 6.35. The number of pyridine rings is 1. The van der Waals surface area contributed by atoms with E-state index in [0.29, 0.717) is 5.69 Å². The van der Waals surface area contributed by atoms with Crippen LogP contribution in [0.2, 0.25) is 0 Å². The monoisotopic (exact) mass is 296 g/mol. The third kappa shape index (κ3) is 2.57. The zero-order chi connectivity index (χ0) is 15.7. The first-order chi connectivity index (χ1) is 9.92. The van der Waals surface area contributed by atoms with Crippen LogP contribution in [0.4, 0.5) is 0 Å². The van der Waals surface area contributed by atoms with Crippen molar-refractivity contribution < 1.29 is 25.2 Å². The van der Waals surface area contributed by atoms with Crippen molar-refractivity contribution in [2.75, 3.05) is 6.61 Å². The van der Waals surface area contributed by atoms with Crippen LogP contribution in [0.3, 0.4) is 0 Å². The Morgan fingerprint density at radius 3 is 2.52 bits per heavy atom. The Hall–Kier alpha value is -1.76. The molecule has 1 aliphatic heterocycles. The molecule has 0 bridgehead atoms. The van der Waals surface area contributed by atoms with Gasteiger partial charge in [-0.05, 0) is 19.1 Å². The molecule has 5 atom stereocenters. The summed E-state index contributed by atoms with van der Waals surface area (Å²) in [5, 5.41) is 47.6. The minimum absolute atomic E-state index is 0.141. The second-order valence-electron chi connectivity index (χ2n) is 4.89. The van der Waals surface area contributed by atoms with Crippen LogP contribution >= 0.6 is 0 Å². The molecule has 1 aliphatic rings. The summed E-state index contributed by atoms with van der Waals surface area (Å²) in [5.74, 6) is 0. The molecule has 114 valence electrons. The van der Waals surface area contributed by atoms with E-state index in [9.17, 15) is 20.1 Å². The zero-order valence-electron chi connectivity index (χ0n) is 11.2. The Morgan fingerprint density at radius 2 is 1.95 bits per heavy atom. The van der Waals surface area contributed by atoms with Crippen molar-refractivity contribution in [1.82, 2.24) is 4.57 Å². The minimum atomic E-state index is -1.59. The van der Waals surface area contributed by atoms with Gasteiger partial charge in [-0.25, -0.2) is 0 Å². The molecule has 0 unspecified atom stereocenters. The van der Waals surface area contributed by atoms with E-state index >= 15 is 0 Å². The highest BCUT2D eigenvalue weighted by atomic mass is 16.6. The number of nitrogens with zero attached hydrogens (tertiary/aromatic N) is 2. The van der Waals surface area contributed by atoms with Crippen molar-refractivity contribution in [3.63, 3.8) is 0 Å². The van der Waals surface area contributed by atoms with E-state index in [4.69, 9.17) is 15.1 Å². The summed E-state index contributed by atoms with van der Waals surface area (Å²) in [7, 11) is 0. The van der Waals surface area contributed by atoms with Gasteiger partial charge in [-0.2, -0.15) is 5.26 Å². The molecular formula is C13H16N2O6. The second kappa shape index (κ2) is 5.93. The summed E-state index contributed by atoms with van der Waals surface area (Å²) in [4.78, 5) is 12.2. The van der Waals surface area contributed by atoms with Gasteiger partial charge in [0.1, 0.15) is 36.0 Å². The smallest absolute Gasteiger partial charge is 0.270 e. The molecule has 0 amide bonds. The Kier molecular flexibility index (Phi) is 4.41. The fraction of sp³-hybridized carbons (Fsp3) is 0.538. The lowest BCUT2D eigenvalue weighted by molar-refractivity contribution is -0.252. The fourth-order valence-corrected chi connectivity index (χ4v) is 2.34. The molecule has 8 nitrogen and oxygen atoms in total. The van der Waals surface area contributed by atoms with E-state index < -0.39 is 42.8 Å². The second-order valence-corrected chi connectivity index (χ2v) is 4.89. The summed E-state index contributed by atoms with van der Waals surface area (Å²) in [6.07, 6.45) is -7.09. The van der Waals surface area contributed by atoms with Crippen LogP contribution in [0.15, 0.2) is 16.9 Å². The van der Waals surface area contributed by atoms with Crippen molar-refractivity contribution in [2.24, 2.45) is 0 Å². The highest BCUT2D eigenvalue weighted by molar-refractivity contribution is 5.27. The number of ether oxygens (including phenoxy) is 1. The van der Waals surface area contributed by atoms with E-state index in [0.717, 1.165) is 4.57 Å². The summed E-state index contributed by atoms with van der Waals surface area (Å²) >= 11 is 0. The molecule has 1 saturated heterocycles. The summed E-state index contributed by atoms with van der Waals surface area (Å²) in [6.45, 7) is 0.983. The normalized spacial score (nSPS) is 32.7. The third-order valence-corrected chi connectivity index (χ3v) is 3.56. The van der Waals surface area contributed by atoms with Gasteiger partial charge in [-0.1, -0.05) is 0 Å². The minimum Gasteiger partial charge on any atom is -0.394 e. The zero-order valence-corrected chi connectivity index (χ0v) is 11.2. The molecule has 1 fully saturated rings. The molecule has 0 spiro atoms. The SMILES string of the molecule is Cc1ccc(C#N)c(=O)n1[C@@H]1O[C@H](CO)[C@@H](O)[C@@H](O)[C@@H]1O. The largest absolute Gasteiger partial charge is 0.394 e. The molecule has 1 aromatic rings. The first kappa shape index (κ1) is 15.6. The van der Waals surface area contributed by atoms with Crippen LogP contribution in [0, 0.1) is 18.3 Å². The van der Waals surface area contributed by atoms with E-state index in [1.54, 1.807) is 13.0 Å². The number of rotatable bonds is 2. The molecule has 21 heavy (non-hydrogen) atoms. The quantitative estimate of drug-likeness (QED) is 0.495. The lowest BCUT2D eigenvalue weighted by atomic mass is 9.98. The molecule has 4 N–H and O–H groups in total. The molecule has 0 aliphatic carbocycles. The van der Waals surface area contributed by atoms with Gasteiger partial charge in [0.05, 0.1) is 6.61 Å². The van der Waals surface area contributed by atoms with Crippen LogP contribution in [0.1, 0.15) is 17.5 Å². The molecule has 0 radical (unpaired) electrons. The summed E-state index contributed by atoms with van der Waals surface area (Å²) in [6, 6.07) is 4.58. The Morgan fingerprint density at radius 1 is 1.29 bits per heavy atom. The number of aliphatic hydroxyl groups is 4. The number of aryl methyl sites for hydroxylation is 1. The fourth-order valence-electron chi connectivity index (χ4n) is 2.34. The summed E-state index contributed by atoms with van der Waals surface area (Å²) < 4.78 is 6.35. The lowest BCUT2D eigenvalue weighted by Gasteiger charge is -2.41. The van der Waals surface area contributed by atoms with Gasteiger partial charge in [0.15, 0.2) is 6.23 Å². The van der Waals surface area contributed by atoms with Gasteiger partial charge in [0.2, 0.25) is 0 Å². The first-order valence-electron chi connectivity index (χ1n) is 6.35. The van der Waals surface area contributed by atoms with E-state index in [1.165, 1.54) is 12.1 Å². The van der Waals surface area contributed by atoms with Gasteiger partial charge in [0, 0.05) is 5.69 Å². The maximum Gasteiger partial charge on any atom is 0.270 e. The highest BCUT2D eigenvalue weighted by Gasteiger charge is 2.44. The predicted octanol–water partition coefficient (Wildman–Crippen LogP) is -2.00. The van der Waals surface area contributed by atoms with Crippen LogP contribution in [-0.4, -0.2) is 56.0 Å². The van der Waals surface area contributed by atoms with Crippen LogP contribution in [-0.2, 0) is 4.74 Å². The topological polar surface area (TPSA) is 136 Å². The molecule has 2 rings (SSSR count). The van der Waals surface area contributed by atoms with Gasteiger partial charge >= 0.3 is 0 Å². The third-order valence-electron chi connectivity index (χ3n) is 3.56. The molecule has 0 aromatic carbocycles. The predicted molar refractivity (Wildman–Crippen MR) is 69.2 cm³/mol. The standard InChI is InChI=1S/C13H16N2O6/c1-6-2-3-7(4-14)12(20)15(6)13-11(19)10(18)9(17)8(5-16)21-13/h2-3,8-11,13,16-19H,5H2,1H3/t8-,9-,10-,11+,13-/m1/s1. The van der Waals surface area contributed by atoms with E-state index in [1.807, 2.05) is 0 Å². The maximum absolute atomic E-state index is 12.2. The molecular weight excluding hydrogens is 280 g/mol. The number of nitriles is 1. The average molecular weight is 296 g/mol. The molecule has 2 heterocycles. The Labute approximate surface area is 120 Å². The summed E-state index contributed by atoms with van der Waals surface area (Å²) in [5.41, 5.74) is -0.414. The number of hydrogen-bond donors (Lipinski definition) is 4.